The van der Waals surface area contributed by atoms with Crippen LogP contribution < -0.4 is 5.32 Å². The number of hydrogen-bond donors (Lipinski definition) is 1. The average Bonchev–Trinajstić information content (AvgIpc) is 2.81. The van der Waals surface area contributed by atoms with Crippen LogP contribution in [0.4, 0.5) is 5.69 Å². The van der Waals surface area contributed by atoms with Crippen LogP contribution in [0.15, 0.2) is 58.4 Å². The molecule has 94 valence electrons. The fraction of sp³-hybridized carbons (Fsp3) is 0.200. The van der Waals surface area contributed by atoms with Gasteiger partial charge in [0.05, 0.1) is 6.54 Å². The van der Waals surface area contributed by atoms with Crippen molar-refractivity contribution in [2.24, 2.45) is 0 Å². The van der Waals surface area contributed by atoms with Gasteiger partial charge in [0.15, 0.2) is 0 Å². The minimum absolute atomic E-state index is 0.708. The van der Waals surface area contributed by atoms with Crippen molar-refractivity contribution in [3.63, 3.8) is 0 Å². The summed E-state index contributed by atoms with van der Waals surface area (Å²) in [5.41, 5.74) is 1.14. The molecule has 2 aromatic rings. The molecule has 0 saturated carbocycles. The number of furan rings is 1. The number of thioether (sulfide) groups is 1. The van der Waals surface area contributed by atoms with Gasteiger partial charge in [-0.2, -0.15) is 0 Å². The van der Waals surface area contributed by atoms with E-state index < -0.39 is 0 Å². The van der Waals surface area contributed by atoms with Crippen LogP contribution in [0.1, 0.15) is 11.5 Å². The van der Waals surface area contributed by atoms with Gasteiger partial charge in [0.1, 0.15) is 11.5 Å². The molecule has 1 heterocycles. The molecule has 0 saturated heterocycles. The third-order valence-corrected chi connectivity index (χ3v) is 3.56. The zero-order valence-electron chi connectivity index (χ0n) is 10.5. The van der Waals surface area contributed by atoms with Crippen molar-refractivity contribution in [2.45, 2.75) is 18.4 Å². The van der Waals surface area contributed by atoms with Gasteiger partial charge in [0.25, 0.3) is 0 Å². The van der Waals surface area contributed by atoms with E-state index in [1.807, 2.05) is 37.3 Å². The van der Waals surface area contributed by atoms with Crippen LogP contribution in [0.5, 0.6) is 0 Å². The van der Waals surface area contributed by atoms with Crippen molar-refractivity contribution < 1.29 is 4.42 Å². The average molecular weight is 259 g/mol. The predicted molar refractivity (Wildman–Crippen MR) is 78.1 cm³/mol. The molecule has 0 spiro atoms. The summed E-state index contributed by atoms with van der Waals surface area (Å²) >= 11 is 1.78. The Kier molecular flexibility index (Phi) is 4.53. The van der Waals surface area contributed by atoms with E-state index in [0.717, 1.165) is 23.0 Å². The lowest BCUT2D eigenvalue weighted by molar-refractivity contribution is 0.490. The summed E-state index contributed by atoms with van der Waals surface area (Å²) in [4.78, 5) is 1.24. The maximum Gasteiger partial charge on any atom is 0.123 e. The molecule has 0 unspecified atom stereocenters. The van der Waals surface area contributed by atoms with Crippen molar-refractivity contribution >= 4 is 17.4 Å². The highest BCUT2D eigenvalue weighted by molar-refractivity contribution is 7.99. The summed E-state index contributed by atoms with van der Waals surface area (Å²) in [7, 11) is 0. The van der Waals surface area contributed by atoms with Gasteiger partial charge in [0.2, 0.25) is 0 Å². The van der Waals surface area contributed by atoms with Crippen LogP contribution >= 0.6 is 11.8 Å². The molecule has 0 aliphatic carbocycles. The zero-order valence-corrected chi connectivity index (χ0v) is 11.3. The first kappa shape index (κ1) is 12.8. The number of aryl methyl sites for hydroxylation is 1. The number of rotatable bonds is 6. The van der Waals surface area contributed by atoms with Crippen LogP contribution in [0.2, 0.25) is 0 Å². The lowest BCUT2D eigenvalue weighted by atomic mass is 10.3. The van der Waals surface area contributed by atoms with Crippen molar-refractivity contribution in [3.8, 4) is 0 Å². The largest absolute Gasteiger partial charge is 0.465 e. The molecule has 1 N–H and O–H groups in total. The fourth-order valence-electron chi connectivity index (χ4n) is 1.65. The van der Waals surface area contributed by atoms with Gasteiger partial charge in [-0.3, -0.25) is 0 Å². The van der Waals surface area contributed by atoms with Gasteiger partial charge in [-0.25, -0.2) is 0 Å². The van der Waals surface area contributed by atoms with E-state index in [1.54, 1.807) is 11.8 Å². The van der Waals surface area contributed by atoms with Gasteiger partial charge in [-0.05, 0) is 31.2 Å². The van der Waals surface area contributed by atoms with E-state index in [0.29, 0.717) is 6.54 Å². The number of nitrogens with one attached hydrogen (secondary N) is 1. The van der Waals surface area contributed by atoms with E-state index in [9.17, 15) is 0 Å². The molecule has 3 heteroatoms. The molecule has 0 bridgehead atoms. The Morgan fingerprint density at radius 2 is 2.11 bits per heavy atom. The van der Waals surface area contributed by atoms with Gasteiger partial charge < -0.3 is 9.73 Å². The number of benzene rings is 1. The minimum atomic E-state index is 0.708. The first-order valence-corrected chi connectivity index (χ1v) is 6.90. The second-order valence-corrected chi connectivity index (χ2v) is 5.02. The van der Waals surface area contributed by atoms with E-state index in [-0.39, 0.29) is 0 Å². The van der Waals surface area contributed by atoms with Crippen molar-refractivity contribution in [3.05, 3.63) is 60.6 Å². The van der Waals surface area contributed by atoms with Gasteiger partial charge in [0, 0.05) is 16.3 Å². The minimum Gasteiger partial charge on any atom is -0.465 e. The van der Waals surface area contributed by atoms with Crippen LogP contribution in [0.3, 0.4) is 0 Å². The summed E-state index contributed by atoms with van der Waals surface area (Å²) in [5, 5.41) is 3.40. The lowest BCUT2D eigenvalue weighted by Crippen LogP contribution is -1.99. The summed E-state index contributed by atoms with van der Waals surface area (Å²) in [6.45, 7) is 6.41. The first-order chi connectivity index (χ1) is 8.79. The highest BCUT2D eigenvalue weighted by Crippen LogP contribution is 2.27. The van der Waals surface area contributed by atoms with E-state index >= 15 is 0 Å². The van der Waals surface area contributed by atoms with Gasteiger partial charge >= 0.3 is 0 Å². The SMILES string of the molecule is C=CCSc1ccccc1NCc1ccc(C)o1. The third kappa shape index (κ3) is 3.44. The molecular weight excluding hydrogens is 242 g/mol. The summed E-state index contributed by atoms with van der Waals surface area (Å²) in [6, 6.07) is 12.3. The Morgan fingerprint density at radius 1 is 1.28 bits per heavy atom. The molecule has 2 rings (SSSR count). The van der Waals surface area contributed by atoms with E-state index in [1.165, 1.54) is 4.90 Å². The Labute approximate surface area is 112 Å². The maximum absolute atomic E-state index is 5.54. The second-order valence-electron chi connectivity index (χ2n) is 3.96. The predicted octanol–water partition coefficient (Wildman–Crippen LogP) is 4.48. The molecule has 2 nitrogen and oxygen atoms in total. The molecule has 0 aliphatic rings. The normalized spacial score (nSPS) is 10.3. The van der Waals surface area contributed by atoms with Gasteiger partial charge in [-0.15, -0.1) is 18.3 Å². The Morgan fingerprint density at radius 3 is 2.83 bits per heavy atom. The van der Waals surface area contributed by atoms with E-state index in [2.05, 4.69) is 24.0 Å². The molecule has 0 fully saturated rings. The Hall–Kier alpha value is -1.61. The highest BCUT2D eigenvalue weighted by Gasteiger charge is 2.03. The topological polar surface area (TPSA) is 25.2 Å². The molecule has 18 heavy (non-hydrogen) atoms. The fourth-order valence-corrected chi connectivity index (χ4v) is 2.42. The number of anilines is 1. The molecule has 0 amide bonds. The first-order valence-electron chi connectivity index (χ1n) is 5.91. The number of para-hydroxylation sites is 1. The quantitative estimate of drug-likeness (QED) is 0.611. The molecule has 0 aliphatic heterocycles. The van der Waals surface area contributed by atoms with Crippen molar-refractivity contribution in [2.75, 3.05) is 11.1 Å². The standard InChI is InChI=1S/C15H17NOS/c1-3-10-18-15-7-5-4-6-14(15)16-11-13-9-8-12(2)17-13/h3-9,16H,1,10-11H2,2H3. The molecule has 1 aromatic heterocycles. The molecule has 0 radical (unpaired) electrons. The van der Waals surface area contributed by atoms with Crippen molar-refractivity contribution in [1.29, 1.82) is 0 Å². The molecular formula is C15H17NOS. The summed E-state index contributed by atoms with van der Waals surface area (Å²) in [5.74, 6) is 2.82. The van der Waals surface area contributed by atoms with Crippen LogP contribution in [0.25, 0.3) is 0 Å². The second kappa shape index (κ2) is 6.36. The van der Waals surface area contributed by atoms with Crippen LogP contribution in [-0.2, 0) is 6.54 Å². The maximum atomic E-state index is 5.54. The molecule has 0 atom stereocenters. The lowest BCUT2D eigenvalue weighted by Gasteiger charge is -2.09. The third-order valence-electron chi connectivity index (χ3n) is 2.49. The van der Waals surface area contributed by atoms with Crippen molar-refractivity contribution in [1.82, 2.24) is 0 Å². The van der Waals surface area contributed by atoms with E-state index in [4.69, 9.17) is 4.42 Å². The van der Waals surface area contributed by atoms with Crippen LogP contribution in [0, 0.1) is 6.92 Å². The number of hydrogen-bond acceptors (Lipinski definition) is 3. The highest BCUT2D eigenvalue weighted by atomic mass is 32.2. The summed E-state index contributed by atoms with van der Waals surface area (Å²) in [6.07, 6.45) is 1.91. The molecule has 1 aromatic carbocycles. The van der Waals surface area contributed by atoms with Crippen LogP contribution in [-0.4, -0.2) is 5.75 Å². The smallest absolute Gasteiger partial charge is 0.123 e. The Balaban J connectivity index is 2.01. The Bertz CT molecular complexity index is 519. The monoisotopic (exact) mass is 259 g/mol. The zero-order chi connectivity index (χ0) is 12.8. The van der Waals surface area contributed by atoms with Gasteiger partial charge in [-0.1, -0.05) is 18.2 Å². The summed E-state index contributed by atoms with van der Waals surface area (Å²) < 4.78 is 5.54.